The number of benzene rings is 4. The van der Waals surface area contributed by atoms with Crippen LogP contribution in [0.25, 0.3) is 38.6 Å². The topological polar surface area (TPSA) is 8.17 Å². The van der Waals surface area contributed by atoms with Gasteiger partial charge in [0.15, 0.2) is 0 Å². The Morgan fingerprint density at radius 3 is 2.34 bits per heavy atom. The van der Waals surface area contributed by atoms with Gasteiger partial charge < -0.3 is 9.47 Å². The maximum atomic E-state index is 2.75. The molecule has 0 fully saturated rings. The van der Waals surface area contributed by atoms with Crippen molar-refractivity contribution in [2.24, 2.45) is 11.8 Å². The second kappa shape index (κ2) is 14.3. The predicted octanol–water partition coefficient (Wildman–Crippen LogP) is 14.4. The van der Waals surface area contributed by atoms with Gasteiger partial charge in [0, 0.05) is 33.8 Å². The number of rotatable bonds is 6. The standard InChI is InChI=1S/C54H52N2/c1-4-14-37(15-5-1)40-24-28-45(29-25-40)55-52-23-13-11-21-48(52)50-35-41(27-31-53(50)55)42-26-30-49-47-20-10-12-22-51(47)56(54(49)36-42)46-33-43(38-16-6-2-7-17-38)32-44(34-46)39-18-8-3-9-19-39/h1,4-6,10-16,18,20-23,26-28,30-32,34-36,38,40,43,47,51H,2-3,7-9,17,19,24-25,29,33H2. The third-order valence-electron chi connectivity index (χ3n) is 14.0. The van der Waals surface area contributed by atoms with Crippen molar-refractivity contribution in [1.29, 1.82) is 0 Å². The molecule has 0 radical (unpaired) electrons. The van der Waals surface area contributed by atoms with Gasteiger partial charge in [-0.1, -0.05) is 121 Å². The quantitative estimate of drug-likeness (QED) is 0.158. The van der Waals surface area contributed by atoms with E-state index in [-0.39, 0.29) is 0 Å². The van der Waals surface area contributed by atoms with Gasteiger partial charge in [0.1, 0.15) is 0 Å². The van der Waals surface area contributed by atoms with Crippen LogP contribution >= 0.6 is 0 Å². The van der Waals surface area contributed by atoms with Crippen molar-refractivity contribution in [3.63, 3.8) is 0 Å². The van der Waals surface area contributed by atoms with Crippen LogP contribution in [0.4, 0.5) is 5.69 Å². The summed E-state index contributed by atoms with van der Waals surface area (Å²) in [6.45, 7) is 0. The number of anilines is 1. The number of allylic oxidation sites excluding steroid dienone is 12. The minimum absolute atomic E-state index is 0.310. The molecule has 56 heavy (non-hydrogen) atoms. The van der Waals surface area contributed by atoms with Crippen LogP contribution < -0.4 is 4.90 Å². The number of hydrogen-bond donors (Lipinski definition) is 0. The first-order valence-corrected chi connectivity index (χ1v) is 21.6. The van der Waals surface area contributed by atoms with Crippen LogP contribution in [0.2, 0.25) is 0 Å². The van der Waals surface area contributed by atoms with Crippen molar-refractivity contribution >= 4 is 33.2 Å². The lowest BCUT2D eigenvalue weighted by Crippen LogP contribution is -2.34. The molecule has 0 spiro atoms. The minimum Gasteiger partial charge on any atom is -0.337 e. The van der Waals surface area contributed by atoms with Crippen molar-refractivity contribution in [3.8, 4) is 11.1 Å². The molecule has 5 aliphatic carbocycles. The van der Waals surface area contributed by atoms with E-state index in [9.17, 15) is 0 Å². The second-order valence-electron chi connectivity index (χ2n) is 17.2. The van der Waals surface area contributed by atoms with Crippen molar-refractivity contribution in [2.45, 2.75) is 88.5 Å². The van der Waals surface area contributed by atoms with Gasteiger partial charge in [0.25, 0.3) is 0 Å². The van der Waals surface area contributed by atoms with Crippen molar-refractivity contribution in [1.82, 2.24) is 4.57 Å². The molecule has 5 aromatic rings. The molecule has 0 saturated heterocycles. The summed E-state index contributed by atoms with van der Waals surface area (Å²) in [6, 6.07) is 35.0. The van der Waals surface area contributed by atoms with E-state index >= 15 is 0 Å². The highest BCUT2D eigenvalue weighted by atomic mass is 15.2. The minimum atomic E-state index is 0.310. The third kappa shape index (κ3) is 5.92. The molecular weight excluding hydrogens is 677 g/mol. The zero-order valence-electron chi connectivity index (χ0n) is 32.5. The number of fused-ring (bicyclic) bond motifs is 6. The molecule has 5 atom stereocenters. The first kappa shape index (κ1) is 34.0. The first-order chi connectivity index (χ1) is 27.8. The van der Waals surface area contributed by atoms with E-state index in [1.54, 1.807) is 5.57 Å². The Balaban J connectivity index is 0.982. The Kier molecular flexibility index (Phi) is 8.67. The molecule has 5 unspecified atom stereocenters. The smallest absolute Gasteiger partial charge is 0.0626 e. The largest absolute Gasteiger partial charge is 0.337 e. The van der Waals surface area contributed by atoms with Crippen LogP contribution in [0.15, 0.2) is 169 Å². The van der Waals surface area contributed by atoms with E-state index in [0.717, 1.165) is 19.3 Å². The highest BCUT2D eigenvalue weighted by molar-refractivity contribution is 6.11. The van der Waals surface area contributed by atoms with Gasteiger partial charge in [-0.2, -0.15) is 0 Å². The molecule has 0 N–H and O–H groups in total. The van der Waals surface area contributed by atoms with Crippen LogP contribution in [0.5, 0.6) is 0 Å². The van der Waals surface area contributed by atoms with Crippen molar-refractivity contribution < 1.29 is 0 Å². The average molecular weight is 729 g/mol. The van der Waals surface area contributed by atoms with Crippen LogP contribution in [-0.2, 0) is 0 Å². The summed E-state index contributed by atoms with van der Waals surface area (Å²) in [5.41, 5.74) is 15.5. The molecule has 1 aromatic heterocycles. The van der Waals surface area contributed by atoms with E-state index in [4.69, 9.17) is 0 Å². The number of nitrogens with zero attached hydrogens (tertiary/aromatic N) is 2. The summed E-state index contributed by atoms with van der Waals surface area (Å²) >= 11 is 0. The molecule has 2 heteroatoms. The second-order valence-corrected chi connectivity index (χ2v) is 17.2. The molecule has 0 amide bonds. The first-order valence-electron chi connectivity index (χ1n) is 21.6. The molecule has 11 rings (SSSR count). The molecule has 0 saturated carbocycles. The zero-order valence-corrected chi connectivity index (χ0v) is 32.5. The van der Waals surface area contributed by atoms with E-state index in [1.165, 1.54) is 118 Å². The van der Waals surface area contributed by atoms with Crippen LogP contribution in [0.3, 0.4) is 0 Å². The summed E-state index contributed by atoms with van der Waals surface area (Å²) in [5.74, 6) is 2.13. The highest BCUT2D eigenvalue weighted by Crippen LogP contribution is 2.50. The van der Waals surface area contributed by atoms with E-state index in [2.05, 4.69) is 161 Å². The summed E-state index contributed by atoms with van der Waals surface area (Å²) < 4.78 is 2.56. The van der Waals surface area contributed by atoms with Gasteiger partial charge in [-0.15, -0.1) is 0 Å². The highest BCUT2D eigenvalue weighted by Gasteiger charge is 2.40. The molecule has 6 aliphatic rings. The van der Waals surface area contributed by atoms with Gasteiger partial charge in [0.05, 0.1) is 17.1 Å². The van der Waals surface area contributed by atoms with Gasteiger partial charge >= 0.3 is 0 Å². The van der Waals surface area contributed by atoms with Crippen LogP contribution in [0, 0.1) is 11.8 Å². The van der Waals surface area contributed by atoms with Gasteiger partial charge in [-0.25, -0.2) is 0 Å². The Morgan fingerprint density at radius 2 is 1.48 bits per heavy atom. The summed E-state index contributed by atoms with van der Waals surface area (Å²) in [6.07, 6.45) is 38.1. The number of aromatic nitrogens is 1. The van der Waals surface area contributed by atoms with Crippen LogP contribution in [0.1, 0.15) is 93.6 Å². The third-order valence-corrected chi connectivity index (χ3v) is 14.0. The Bertz CT molecular complexity index is 2550. The maximum Gasteiger partial charge on any atom is 0.0626 e. The van der Waals surface area contributed by atoms with E-state index < -0.39 is 0 Å². The fourth-order valence-corrected chi connectivity index (χ4v) is 11.1. The molecule has 1 aliphatic heterocycles. The average Bonchev–Trinajstić information content (AvgIpc) is 3.79. The normalized spacial score (nSPS) is 25.8. The lowest BCUT2D eigenvalue weighted by atomic mass is 9.76. The molecule has 278 valence electrons. The van der Waals surface area contributed by atoms with E-state index in [1.807, 2.05) is 0 Å². The Hall–Kier alpha value is -5.34. The lowest BCUT2D eigenvalue weighted by molar-refractivity contribution is 0.409. The summed E-state index contributed by atoms with van der Waals surface area (Å²) in [7, 11) is 0. The van der Waals surface area contributed by atoms with Crippen molar-refractivity contribution in [3.05, 3.63) is 180 Å². The van der Waals surface area contributed by atoms with Crippen LogP contribution in [-0.4, -0.2) is 10.6 Å². The monoisotopic (exact) mass is 728 g/mol. The molecule has 2 nitrogen and oxygen atoms in total. The van der Waals surface area contributed by atoms with Gasteiger partial charge in [-0.3, -0.25) is 0 Å². The Labute approximate surface area is 332 Å². The molecule has 2 heterocycles. The van der Waals surface area contributed by atoms with Crippen molar-refractivity contribution in [2.75, 3.05) is 4.90 Å². The predicted molar refractivity (Wildman–Crippen MR) is 237 cm³/mol. The SMILES string of the molecule is C1=CC2c3ccc(-c4ccc5c(c4)c4ccccc4n5C4=CCC(c5ccccc5)CC4)cc3N(C3=CC(C4=CCCCC4)=CC(C4C=CCCC4)C3)C2C=C1. The number of para-hydroxylation sites is 1. The summed E-state index contributed by atoms with van der Waals surface area (Å²) in [5, 5.41) is 2.68. The fourth-order valence-electron chi connectivity index (χ4n) is 11.1. The molecular formula is C54H52N2. The fraction of sp³-hybridized carbons (Fsp3) is 0.296. The zero-order chi connectivity index (χ0) is 37.0. The Morgan fingerprint density at radius 1 is 0.625 bits per heavy atom. The van der Waals surface area contributed by atoms with E-state index in [0.29, 0.717) is 29.7 Å². The summed E-state index contributed by atoms with van der Waals surface area (Å²) in [4.78, 5) is 2.75. The van der Waals surface area contributed by atoms with Gasteiger partial charge in [-0.05, 0) is 152 Å². The number of hydrogen-bond acceptors (Lipinski definition) is 1. The van der Waals surface area contributed by atoms with Gasteiger partial charge in [0.2, 0.25) is 0 Å². The molecule has 0 bridgehead atoms. The maximum absolute atomic E-state index is 2.75. The molecule has 4 aromatic carbocycles. The lowest BCUT2D eigenvalue weighted by Gasteiger charge is -2.37.